The lowest BCUT2D eigenvalue weighted by atomic mass is 10.3. The molecule has 0 aliphatic rings. The molecular weight excluding hydrogens is 328 g/mol. The molecule has 2 rings (SSSR count). The van der Waals surface area contributed by atoms with Gasteiger partial charge in [-0.1, -0.05) is 41.3 Å². The summed E-state index contributed by atoms with van der Waals surface area (Å²) < 4.78 is 5.80. The Morgan fingerprint density at radius 1 is 1.23 bits per heavy atom. The molecule has 0 fully saturated rings. The van der Waals surface area contributed by atoms with Crippen LogP contribution >= 0.6 is 23.1 Å². The number of hydrogen-bond donors (Lipinski definition) is 3. The summed E-state index contributed by atoms with van der Waals surface area (Å²) >= 11 is 2.23. The van der Waals surface area contributed by atoms with E-state index in [0.29, 0.717) is 15.2 Å². The van der Waals surface area contributed by atoms with E-state index >= 15 is 0 Å². The van der Waals surface area contributed by atoms with Crippen LogP contribution in [-0.2, 0) is 9.59 Å². The van der Waals surface area contributed by atoms with Gasteiger partial charge in [0.15, 0.2) is 10.9 Å². The van der Waals surface area contributed by atoms with Crippen molar-refractivity contribution in [3.05, 3.63) is 30.3 Å². The smallest absolute Gasteiger partial charge is 0.264 e. The first-order valence-electron chi connectivity index (χ1n) is 6.04. The van der Waals surface area contributed by atoms with E-state index in [1.165, 1.54) is 5.48 Å². The first-order valence-corrected chi connectivity index (χ1v) is 7.84. The number of nitrogens with zero attached hydrogens (tertiary/aromatic N) is 2. The fourth-order valence-electron chi connectivity index (χ4n) is 1.30. The van der Waals surface area contributed by atoms with Crippen LogP contribution in [0.2, 0.25) is 0 Å². The first kappa shape index (κ1) is 16.2. The third-order valence-electron chi connectivity index (χ3n) is 2.22. The third kappa shape index (κ3) is 5.31. The van der Waals surface area contributed by atoms with Gasteiger partial charge < -0.3 is 4.74 Å². The predicted molar refractivity (Wildman–Crippen MR) is 81.1 cm³/mol. The highest BCUT2D eigenvalue weighted by atomic mass is 32.2. The minimum absolute atomic E-state index is 0.0101. The standard InChI is InChI=1S/C12H12N4O4S2/c17-9(6-20-8-4-2-1-3-5-8)13-11-14-15-12(22-11)21-7-10(18)16-19/h1-5,19H,6-7H2,(H,16,18)(H,13,14,17). The summed E-state index contributed by atoms with van der Waals surface area (Å²) in [5.74, 6) is -0.288. The molecule has 116 valence electrons. The predicted octanol–water partition coefficient (Wildman–Crippen LogP) is 1.15. The molecule has 0 saturated carbocycles. The van der Waals surface area contributed by atoms with Gasteiger partial charge in [-0.15, -0.1) is 10.2 Å². The van der Waals surface area contributed by atoms with Crippen molar-refractivity contribution >= 4 is 40.0 Å². The van der Waals surface area contributed by atoms with Crippen molar-refractivity contribution in [3.63, 3.8) is 0 Å². The number of carbonyl (C=O) groups is 2. The lowest BCUT2D eigenvalue weighted by molar-refractivity contribution is -0.126. The van der Waals surface area contributed by atoms with Crippen LogP contribution in [0.15, 0.2) is 34.7 Å². The van der Waals surface area contributed by atoms with Gasteiger partial charge in [0.1, 0.15) is 5.75 Å². The Bertz CT molecular complexity index is 635. The molecule has 0 radical (unpaired) electrons. The molecule has 2 aromatic rings. The Hall–Kier alpha value is -2.17. The molecule has 0 bridgehead atoms. The summed E-state index contributed by atoms with van der Waals surface area (Å²) in [7, 11) is 0. The zero-order chi connectivity index (χ0) is 15.8. The lowest BCUT2D eigenvalue weighted by Crippen LogP contribution is -2.20. The average Bonchev–Trinajstić information content (AvgIpc) is 2.99. The van der Waals surface area contributed by atoms with Crippen LogP contribution in [0.5, 0.6) is 5.75 Å². The van der Waals surface area contributed by atoms with Gasteiger partial charge in [-0.3, -0.25) is 20.1 Å². The van der Waals surface area contributed by atoms with Gasteiger partial charge in [0, 0.05) is 0 Å². The molecule has 0 atom stereocenters. The molecular formula is C12H12N4O4S2. The van der Waals surface area contributed by atoms with E-state index < -0.39 is 5.91 Å². The maximum atomic E-state index is 11.7. The molecule has 0 aliphatic carbocycles. The van der Waals surface area contributed by atoms with Crippen LogP contribution < -0.4 is 15.5 Å². The second-order valence-electron chi connectivity index (χ2n) is 3.85. The summed E-state index contributed by atoms with van der Waals surface area (Å²) in [6, 6.07) is 8.97. The van der Waals surface area contributed by atoms with Gasteiger partial charge in [-0.05, 0) is 12.1 Å². The zero-order valence-corrected chi connectivity index (χ0v) is 12.8. The molecule has 3 N–H and O–H groups in total. The van der Waals surface area contributed by atoms with Crippen molar-refractivity contribution in [2.24, 2.45) is 0 Å². The summed E-state index contributed by atoms with van der Waals surface area (Å²) in [5, 5.41) is 18.8. The van der Waals surface area contributed by atoms with Crippen molar-refractivity contribution in [2.45, 2.75) is 4.34 Å². The van der Waals surface area contributed by atoms with E-state index in [2.05, 4.69) is 15.5 Å². The number of benzene rings is 1. The quantitative estimate of drug-likeness (QED) is 0.300. The molecule has 1 heterocycles. The highest BCUT2D eigenvalue weighted by Gasteiger charge is 2.10. The molecule has 0 saturated heterocycles. The van der Waals surface area contributed by atoms with Gasteiger partial charge in [0.2, 0.25) is 5.13 Å². The molecule has 0 aliphatic heterocycles. The van der Waals surface area contributed by atoms with Crippen molar-refractivity contribution < 1.29 is 19.5 Å². The van der Waals surface area contributed by atoms with Crippen LogP contribution in [0.4, 0.5) is 5.13 Å². The maximum absolute atomic E-state index is 11.7. The number of amides is 2. The molecule has 0 spiro atoms. The highest BCUT2D eigenvalue weighted by molar-refractivity contribution is 8.01. The SMILES string of the molecule is O=C(CSc1nnc(NC(=O)COc2ccccc2)s1)NO. The van der Waals surface area contributed by atoms with Crippen molar-refractivity contribution in [1.29, 1.82) is 0 Å². The zero-order valence-electron chi connectivity index (χ0n) is 11.2. The van der Waals surface area contributed by atoms with Crippen LogP contribution in [0.1, 0.15) is 0 Å². The number of rotatable bonds is 7. The van der Waals surface area contributed by atoms with Crippen molar-refractivity contribution in [2.75, 3.05) is 17.7 Å². The van der Waals surface area contributed by atoms with E-state index in [1.807, 2.05) is 18.2 Å². The van der Waals surface area contributed by atoms with Crippen molar-refractivity contribution in [1.82, 2.24) is 15.7 Å². The number of para-hydroxylation sites is 1. The average molecular weight is 340 g/mol. The monoisotopic (exact) mass is 340 g/mol. The second-order valence-corrected chi connectivity index (χ2v) is 6.05. The van der Waals surface area contributed by atoms with Gasteiger partial charge in [0.25, 0.3) is 11.8 Å². The van der Waals surface area contributed by atoms with Gasteiger partial charge >= 0.3 is 0 Å². The van der Waals surface area contributed by atoms with Gasteiger partial charge in [-0.25, -0.2) is 5.48 Å². The number of ether oxygens (including phenoxy) is 1. The molecule has 10 heteroatoms. The number of thioether (sulfide) groups is 1. The van der Waals surface area contributed by atoms with E-state index in [4.69, 9.17) is 9.94 Å². The molecule has 22 heavy (non-hydrogen) atoms. The Kier molecular flexibility index (Phi) is 6.13. The molecule has 1 aromatic heterocycles. The van der Waals surface area contributed by atoms with Crippen LogP contribution in [-0.4, -0.2) is 39.6 Å². The minimum atomic E-state index is -0.540. The number of hydrogen-bond acceptors (Lipinski definition) is 8. The van der Waals surface area contributed by atoms with E-state index in [0.717, 1.165) is 23.1 Å². The summed E-state index contributed by atoms with van der Waals surface area (Å²) in [6.45, 7) is -0.140. The normalized spacial score (nSPS) is 10.0. The van der Waals surface area contributed by atoms with E-state index in [-0.39, 0.29) is 18.3 Å². The Morgan fingerprint density at radius 2 is 2.00 bits per heavy atom. The van der Waals surface area contributed by atoms with E-state index in [1.54, 1.807) is 12.1 Å². The summed E-state index contributed by atoms with van der Waals surface area (Å²) in [5.41, 5.74) is 1.52. The van der Waals surface area contributed by atoms with Crippen LogP contribution in [0, 0.1) is 0 Å². The van der Waals surface area contributed by atoms with Crippen LogP contribution in [0.3, 0.4) is 0 Å². The summed E-state index contributed by atoms with van der Waals surface area (Å²) in [4.78, 5) is 22.6. The third-order valence-corrected chi connectivity index (χ3v) is 4.19. The molecule has 1 aromatic carbocycles. The number of nitrogens with one attached hydrogen (secondary N) is 2. The number of carbonyl (C=O) groups excluding carboxylic acids is 2. The van der Waals surface area contributed by atoms with E-state index in [9.17, 15) is 9.59 Å². The molecule has 2 amide bonds. The Balaban J connectivity index is 1.77. The number of aromatic nitrogens is 2. The Morgan fingerprint density at radius 3 is 2.73 bits per heavy atom. The topological polar surface area (TPSA) is 113 Å². The first-order chi connectivity index (χ1) is 10.7. The maximum Gasteiger partial charge on any atom is 0.264 e. The lowest BCUT2D eigenvalue weighted by Gasteiger charge is -2.04. The van der Waals surface area contributed by atoms with Gasteiger partial charge in [0.05, 0.1) is 5.75 Å². The van der Waals surface area contributed by atoms with Crippen molar-refractivity contribution in [3.8, 4) is 5.75 Å². The molecule has 0 unspecified atom stereocenters. The highest BCUT2D eigenvalue weighted by Crippen LogP contribution is 2.25. The molecule has 8 nitrogen and oxygen atoms in total. The fraction of sp³-hybridized carbons (Fsp3) is 0.167. The van der Waals surface area contributed by atoms with Gasteiger partial charge in [-0.2, -0.15) is 0 Å². The fourth-order valence-corrected chi connectivity index (χ4v) is 2.86. The van der Waals surface area contributed by atoms with Crippen LogP contribution in [0.25, 0.3) is 0 Å². The largest absolute Gasteiger partial charge is 0.484 e. The summed E-state index contributed by atoms with van der Waals surface area (Å²) in [6.07, 6.45) is 0. The Labute approximate surface area is 133 Å². The minimum Gasteiger partial charge on any atom is -0.484 e. The number of hydroxylamine groups is 1. The second kappa shape index (κ2) is 8.32. The number of anilines is 1.